The summed E-state index contributed by atoms with van der Waals surface area (Å²) in [6.07, 6.45) is 12.5. The van der Waals surface area contributed by atoms with Gasteiger partial charge >= 0.3 is 0 Å². The number of rotatable bonds is 9. The van der Waals surface area contributed by atoms with Crippen LogP contribution in [0, 0.1) is 6.20 Å². The van der Waals surface area contributed by atoms with Crippen molar-refractivity contribution in [3.05, 3.63) is 18.7 Å². The number of aryl methyl sites for hydroxylation is 1. The van der Waals surface area contributed by atoms with E-state index in [-0.39, 0.29) is 5.91 Å². The third-order valence-electron chi connectivity index (χ3n) is 2.65. The van der Waals surface area contributed by atoms with Crippen molar-refractivity contribution in [3.63, 3.8) is 0 Å². The normalized spacial score (nSPS) is 10.4. The summed E-state index contributed by atoms with van der Waals surface area (Å²) in [7, 11) is 0. The van der Waals surface area contributed by atoms with Crippen LogP contribution in [0.3, 0.4) is 0 Å². The van der Waals surface area contributed by atoms with Crippen LogP contribution in [0.1, 0.15) is 45.4 Å². The lowest BCUT2D eigenvalue weighted by Gasteiger charge is -2.04. The molecule has 1 rings (SSSR count). The Morgan fingerprint density at radius 1 is 1.35 bits per heavy atom. The molecule has 0 aromatic carbocycles. The van der Waals surface area contributed by atoms with Crippen molar-refractivity contribution < 1.29 is 4.79 Å². The largest absolute Gasteiger partial charge is 0.356 e. The maximum atomic E-state index is 11.3. The number of hydrogen-bond acceptors (Lipinski definition) is 2. The highest BCUT2D eigenvalue weighted by Crippen LogP contribution is 2.04. The number of carbonyl (C=O) groups excluding carboxylic acids is 1. The summed E-state index contributed by atoms with van der Waals surface area (Å²) in [5.41, 5.74) is 0. The van der Waals surface area contributed by atoms with E-state index in [1.54, 1.807) is 6.33 Å². The number of nitrogens with one attached hydrogen (secondary N) is 1. The summed E-state index contributed by atoms with van der Waals surface area (Å²) in [4.78, 5) is 15.2. The first-order valence-corrected chi connectivity index (χ1v) is 6.47. The molecule has 1 heterocycles. The quantitative estimate of drug-likeness (QED) is 0.668. The van der Waals surface area contributed by atoms with Gasteiger partial charge in [0.25, 0.3) is 0 Å². The molecule has 0 bridgehead atoms. The molecule has 0 atom stereocenters. The van der Waals surface area contributed by atoms with E-state index in [9.17, 15) is 4.79 Å². The minimum Gasteiger partial charge on any atom is -0.356 e. The van der Waals surface area contributed by atoms with Gasteiger partial charge in [-0.05, 0) is 19.3 Å². The van der Waals surface area contributed by atoms with Gasteiger partial charge in [0.05, 0.1) is 6.33 Å². The molecule has 1 N–H and O–H groups in total. The van der Waals surface area contributed by atoms with Gasteiger partial charge in [-0.15, -0.1) is 0 Å². The average Bonchev–Trinajstić information content (AvgIpc) is 2.84. The van der Waals surface area contributed by atoms with Gasteiger partial charge in [-0.1, -0.05) is 19.8 Å². The highest BCUT2D eigenvalue weighted by atomic mass is 16.1. The van der Waals surface area contributed by atoms with Crippen LogP contribution in [-0.2, 0) is 11.3 Å². The first-order valence-electron chi connectivity index (χ1n) is 6.47. The van der Waals surface area contributed by atoms with Crippen molar-refractivity contribution in [1.29, 1.82) is 0 Å². The van der Waals surface area contributed by atoms with Gasteiger partial charge in [-0.3, -0.25) is 4.79 Å². The number of unbranched alkanes of at least 4 members (excludes halogenated alkanes) is 3. The molecule has 1 radical (unpaired) electrons. The summed E-state index contributed by atoms with van der Waals surface area (Å²) < 4.78 is 2.04. The molecule has 95 valence electrons. The maximum absolute atomic E-state index is 11.3. The molecule has 0 unspecified atom stereocenters. The molecule has 4 nitrogen and oxygen atoms in total. The zero-order valence-corrected chi connectivity index (χ0v) is 10.6. The summed E-state index contributed by atoms with van der Waals surface area (Å²) >= 11 is 0. The van der Waals surface area contributed by atoms with Gasteiger partial charge in [0, 0.05) is 25.7 Å². The Balaban J connectivity index is 1.89. The predicted octanol–water partition coefficient (Wildman–Crippen LogP) is 2.16. The predicted molar refractivity (Wildman–Crippen MR) is 67.4 cm³/mol. The second kappa shape index (κ2) is 8.79. The lowest BCUT2D eigenvalue weighted by molar-refractivity contribution is -0.121. The third kappa shape index (κ3) is 6.76. The molecule has 0 aliphatic rings. The van der Waals surface area contributed by atoms with E-state index in [4.69, 9.17) is 0 Å². The van der Waals surface area contributed by atoms with Gasteiger partial charge < -0.3 is 9.88 Å². The zero-order valence-electron chi connectivity index (χ0n) is 10.6. The molecular weight excluding hydrogens is 214 g/mol. The molecule has 4 heteroatoms. The van der Waals surface area contributed by atoms with Crippen molar-refractivity contribution in [2.75, 3.05) is 6.54 Å². The van der Waals surface area contributed by atoms with Gasteiger partial charge in [0.2, 0.25) is 5.91 Å². The minimum absolute atomic E-state index is 0.191. The van der Waals surface area contributed by atoms with E-state index in [1.165, 1.54) is 6.42 Å². The van der Waals surface area contributed by atoms with Crippen LogP contribution in [0.4, 0.5) is 0 Å². The summed E-state index contributed by atoms with van der Waals surface area (Å²) in [6.45, 7) is 3.86. The fourth-order valence-corrected chi connectivity index (χ4v) is 1.66. The number of imidazole rings is 1. The Morgan fingerprint density at radius 3 is 2.88 bits per heavy atom. The summed E-state index contributed by atoms with van der Waals surface area (Å²) in [5, 5.41) is 2.89. The molecule has 0 saturated carbocycles. The number of hydrogen-bond donors (Lipinski definition) is 1. The first kappa shape index (κ1) is 13.7. The topological polar surface area (TPSA) is 46.9 Å². The number of carbonyl (C=O) groups is 1. The number of amides is 1. The van der Waals surface area contributed by atoms with E-state index in [0.29, 0.717) is 6.42 Å². The fourth-order valence-electron chi connectivity index (χ4n) is 1.66. The molecular formula is C13H22N3O. The Hall–Kier alpha value is -1.32. The van der Waals surface area contributed by atoms with Crippen LogP contribution < -0.4 is 5.32 Å². The molecule has 0 aliphatic carbocycles. The lowest BCUT2D eigenvalue weighted by atomic mass is 10.1. The van der Waals surface area contributed by atoms with Crippen LogP contribution in [-0.4, -0.2) is 22.0 Å². The Morgan fingerprint density at radius 2 is 2.18 bits per heavy atom. The van der Waals surface area contributed by atoms with Gasteiger partial charge in [-0.2, -0.15) is 0 Å². The molecule has 1 aromatic heterocycles. The van der Waals surface area contributed by atoms with E-state index in [0.717, 1.165) is 38.8 Å². The van der Waals surface area contributed by atoms with Crippen molar-refractivity contribution in [3.8, 4) is 0 Å². The van der Waals surface area contributed by atoms with Crippen LogP contribution in [0.5, 0.6) is 0 Å². The molecule has 1 amide bonds. The fraction of sp³-hybridized carbons (Fsp3) is 0.692. The van der Waals surface area contributed by atoms with Crippen LogP contribution in [0.25, 0.3) is 0 Å². The Kier molecular flexibility index (Phi) is 7.11. The lowest BCUT2D eigenvalue weighted by Crippen LogP contribution is -2.23. The van der Waals surface area contributed by atoms with E-state index in [2.05, 4.69) is 23.4 Å². The zero-order chi connectivity index (χ0) is 12.3. The molecule has 17 heavy (non-hydrogen) atoms. The summed E-state index contributed by atoms with van der Waals surface area (Å²) in [5.74, 6) is 0.191. The smallest absolute Gasteiger partial charge is 0.219 e. The van der Waals surface area contributed by atoms with Crippen LogP contribution in [0.2, 0.25) is 0 Å². The second-order valence-corrected chi connectivity index (χ2v) is 4.25. The van der Waals surface area contributed by atoms with Crippen molar-refractivity contribution in [1.82, 2.24) is 14.9 Å². The van der Waals surface area contributed by atoms with E-state index >= 15 is 0 Å². The van der Waals surface area contributed by atoms with E-state index < -0.39 is 0 Å². The third-order valence-corrected chi connectivity index (χ3v) is 2.65. The van der Waals surface area contributed by atoms with Gasteiger partial charge in [0.1, 0.15) is 6.20 Å². The van der Waals surface area contributed by atoms with E-state index in [1.807, 2.05) is 10.8 Å². The molecule has 0 aliphatic heterocycles. The standard InChI is InChI=1S/C13H22N3O/c1-2-8-15-13(17)7-5-3-4-6-10-16-11-9-14-12-16/h11-12H,2-8,10H2,1H3,(H,15,17). The van der Waals surface area contributed by atoms with Crippen molar-refractivity contribution >= 4 is 5.91 Å². The summed E-state index contributed by atoms with van der Waals surface area (Å²) in [6, 6.07) is 0. The Labute approximate surface area is 103 Å². The molecule has 1 aromatic rings. The molecule has 0 spiro atoms. The monoisotopic (exact) mass is 236 g/mol. The van der Waals surface area contributed by atoms with Gasteiger partial charge in [-0.25, -0.2) is 4.98 Å². The SMILES string of the molecule is CCCNC(=O)CCCCCCn1c[c]nc1. The first-order chi connectivity index (χ1) is 8.33. The molecule has 0 saturated heterocycles. The number of nitrogens with zero attached hydrogens (tertiary/aromatic N) is 2. The molecule has 0 fully saturated rings. The highest BCUT2D eigenvalue weighted by Gasteiger charge is 1.99. The Bertz CT molecular complexity index is 296. The van der Waals surface area contributed by atoms with Crippen molar-refractivity contribution in [2.45, 2.75) is 52.0 Å². The number of aromatic nitrogens is 2. The maximum Gasteiger partial charge on any atom is 0.219 e. The van der Waals surface area contributed by atoms with Crippen LogP contribution in [0.15, 0.2) is 12.5 Å². The minimum atomic E-state index is 0.191. The van der Waals surface area contributed by atoms with Gasteiger partial charge in [0.15, 0.2) is 0 Å². The highest BCUT2D eigenvalue weighted by molar-refractivity contribution is 5.75. The second-order valence-electron chi connectivity index (χ2n) is 4.25. The van der Waals surface area contributed by atoms with Crippen LogP contribution >= 0.6 is 0 Å². The van der Waals surface area contributed by atoms with Crippen molar-refractivity contribution in [2.24, 2.45) is 0 Å². The average molecular weight is 236 g/mol.